The highest BCUT2D eigenvalue weighted by molar-refractivity contribution is 6.05. The molecule has 1 aromatic carbocycles. The zero-order valence-corrected chi connectivity index (χ0v) is 32.1. The van der Waals surface area contributed by atoms with Gasteiger partial charge >= 0.3 is 12.1 Å². The first-order valence-electron chi connectivity index (χ1n) is 19.8. The number of hydrogen-bond acceptors (Lipinski definition) is 13. The van der Waals surface area contributed by atoms with Gasteiger partial charge in [-0.1, -0.05) is 0 Å². The summed E-state index contributed by atoms with van der Waals surface area (Å²) in [5.74, 6) is 0.0353. The molecule has 8 rings (SSSR count). The number of carbonyl (C=O) groups excluding carboxylic acids is 4. The predicted molar refractivity (Wildman–Crippen MR) is 211 cm³/mol. The van der Waals surface area contributed by atoms with E-state index >= 15 is 4.39 Å². The van der Waals surface area contributed by atoms with Crippen LogP contribution in [0.4, 0.5) is 48.6 Å². The zero-order valence-electron chi connectivity index (χ0n) is 32.1. The van der Waals surface area contributed by atoms with Crippen molar-refractivity contribution in [2.45, 2.75) is 38.1 Å². The first kappa shape index (κ1) is 38.0. The summed E-state index contributed by atoms with van der Waals surface area (Å²) in [6, 6.07) is 8.30. The quantitative estimate of drug-likeness (QED) is 0.271. The Bertz CT molecular complexity index is 1990. The minimum absolute atomic E-state index is 0.0113. The number of likely N-dealkylation sites (N-methyl/N-ethyl adjacent to an activating group) is 1. The zero-order chi connectivity index (χ0) is 39.6. The van der Waals surface area contributed by atoms with Crippen LogP contribution in [0.15, 0.2) is 36.5 Å². The number of primary amides is 1. The Labute approximate surface area is 330 Å². The molecule has 5 aliphatic rings. The van der Waals surface area contributed by atoms with Gasteiger partial charge in [0.25, 0.3) is 5.91 Å². The molecular weight excluding hydrogens is 736 g/mol. The molecule has 5 aliphatic heterocycles. The lowest BCUT2D eigenvalue weighted by Crippen LogP contribution is -2.50. The van der Waals surface area contributed by atoms with Gasteiger partial charge in [-0.3, -0.25) is 24.7 Å². The van der Waals surface area contributed by atoms with E-state index in [4.69, 9.17) is 5.73 Å². The maximum atomic E-state index is 15.7. The maximum Gasteiger partial charge on any atom is 0.329 e. The van der Waals surface area contributed by atoms with E-state index in [2.05, 4.69) is 45.5 Å². The summed E-state index contributed by atoms with van der Waals surface area (Å²) in [7, 11) is 1.80. The molecule has 302 valence electrons. The van der Waals surface area contributed by atoms with Gasteiger partial charge in [0.15, 0.2) is 11.5 Å². The van der Waals surface area contributed by atoms with Gasteiger partial charge in [0, 0.05) is 97.7 Å². The van der Waals surface area contributed by atoms with E-state index in [0.717, 1.165) is 64.1 Å². The first-order valence-corrected chi connectivity index (χ1v) is 19.8. The minimum atomic E-state index is -0.805. The van der Waals surface area contributed by atoms with Gasteiger partial charge in [-0.2, -0.15) is 4.98 Å². The van der Waals surface area contributed by atoms with Crippen molar-refractivity contribution in [3.63, 3.8) is 0 Å². The summed E-state index contributed by atoms with van der Waals surface area (Å²) in [6.45, 7) is 8.78. The number of nitrogens with zero attached hydrogens (tertiary/aromatic N) is 11. The number of imide groups is 1. The highest BCUT2D eigenvalue weighted by atomic mass is 19.1. The molecule has 0 spiro atoms. The number of nitrogens with one attached hydrogen (secondary N) is 2. The van der Waals surface area contributed by atoms with E-state index in [9.17, 15) is 19.2 Å². The number of hydrogen-bond donors (Lipinski definition) is 3. The monoisotopic (exact) mass is 784 g/mol. The third-order valence-electron chi connectivity index (χ3n) is 11.8. The summed E-state index contributed by atoms with van der Waals surface area (Å²) in [5, 5.41) is 13.7. The normalized spacial score (nSPS) is 21.4. The van der Waals surface area contributed by atoms with Crippen molar-refractivity contribution in [1.29, 1.82) is 0 Å². The molecule has 2 aromatic heterocycles. The maximum absolute atomic E-state index is 15.7. The molecule has 3 aromatic rings. The molecule has 0 unspecified atom stereocenters. The van der Waals surface area contributed by atoms with Crippen molar-refractivity contribution in [2.75, 3.05) is 111 Å². The SMILES string of the molecule is CN1CCN([C@@H]2CCCN(c3nnc(C(N)=O)c(Nc4ccc(N5CCN(CC6CCN(c7ccc(N8CCC(=O)NC8=O)nc7)CC6)CC5)c(F)c4)n3)C2)C1=O. The Morgan fingerprint density at radius 2 is 1.72 bits per heavy atom. The van der Waals surface area contributed by atoms with Gasteiger partial charge in [-0.15, -0.1) is 10.2 Å². The second-order valence-electron chi connectivity index (χ2n) is 15.5. The van der Waals surface area contributed by atoms with Crippen molar-refractivity contribution >= 4 is 58.5 Å². The summed E-state index contributed by atoms with van der Waals surface area (Å²) >= 11 is 0. The van der Waals surface area contributed by atoms with Gasteiger partial charge in [0.05, 0.1) is 23.6 Å². The summed E-state index contributed by atoms with van der Waals surface area (Å²) < 4.78 is 15.7. The topological polar surface area (TPSA) is 193 Å². The number of rotatable bonds is 10. The molecule has 5 saturated heterocycles. The molecule has 6 amide bonds. The second-order valence-corrected chi connectivity index (χ2v) is 15.5. The molecule has 1 atom stereocenters. The summed E-state index contributed by atoms with van der Waals surface area (Å²) in [4.78, 5) is 71.6. The average molecular weight is 785 g/mol. The van der Waals surface area contributed by atoms with Crippen LogP contribution in [0.25, 0.3) is 0 Å². The Hall–Kier alpha value is -5.85. The number of anilines is 6. The Morgan fingerprint density at radius 3 is 2.40 bits per heavy atom. The number of urea groups is 2. The van der Waals surface area contributed by atoms with E-state index in [-0.39, 0.29) is 41.7 Å². The van der Waals surface area contributed by atoms with Crippen molar-refractivity contribution in [1.82, 2.24) is 40.2 Å². The lowest BCUT2D eigenvalue weighted by Gasteiger charge is -2.40. The van der Waals surface area contributed by atoms with Gasteiger partial charge in [-0.05, 0) is 61.9 Å². The van der Waals surface area contributed by atoms with E-state index in [0.29, 0.717) is 74.9 Å². The Kier molecular flexibility index (Phi) is 10.9. The van der Waals surface area contributed by atoms with Gasteiger partial charge in [0.1, 0.15) is 11.6 Å². The fourth-order valence-electron chi connectivity index (χ4n) is 8.50. The number of carbonyl (C=O) groups is 4. The van der Waals surface area contributed by atoms with E-state index < -0.39 is 11.9 Å². The molecule has 19 heteroatoms. The van der Waals surface area contributed by atoms with Crippen LogP contribution in [-0.2, 0) is 4.79 Å². The van der Waals surface area contributed by atoms with Crippen LogP contribution in [0.1, 0.15) is 42.6 Å². The lowest BCUT2D eigenvalue weighted by molar-refractivity contribution is -0.120. The van der Waals surface area contributed by atoms with Crippen LogP contribution in [-0.4, -0.2) is 150 Å². The van der Waals surface area contributed by atoms with Crippen LogP contribution in [0.2, 0.25) is 0 Å². The third-order valence-corrected chi connectivity index (χ3v) is 11.8. The number of aromatic nitrogens is 4. The number of amides is 6. The second kappa shape index (κ2) is 16.3. The molecule has 57 heavy (non-hydrogen) atoms. The number of piperidine rings is 2. The number of halogens is 1. The fraction of sp³-hybridized carbons (Fsp3) is 0.526. The average Bonchev–Trinajstić information content (AvgIpc) is 3.55. The molecule has 18 nitrogen and oxygen atoms in total. The molecule has 7 heterocycles. The number of piperazine rings is 1. The molecular formula is C38H49FN14O4. The lowest BCUT2D eigenvalue weighted by atomic mass is 9.95. The van der Waals surface area contributed by atoms with E-state index in [1.165, 1.54) is 11.0 Å². The Balaban J connectivity index is 0.824. The standard InChI is InChI=1S/C38H49FN14O4/c1-47-15-20-52(38(47)57)28-3-2-11-51(24-28)36-44-35(33(34(40)55)45-46-36)42-26-4-6-30(29(39)21-26)50-18-16-48(17-19-50)23-25-8-12-49(13-9-25)27-5-7-31(41-22-27)53-14-10-32(54)43-37(53)56/h4-7,21-22,25,28H,2-3,8-20,23-24H2,1H3,(H2,40,55)(H,42,44,46)(H,43,54,56)/t28-/m1/s1. The van der Waals surface area contributed by atoms with Crippen molar-refractivity contribution < 1.29 is 23.6 Å². The third kappa shape index (κ3) is 8.33. The van der Waals surface area contributed by atoms with Crippen LogP contribution >= 0.6 is 0 Å². The van der Waals surface area contributed by atoms with Crippen LogP contribution in [0.5, 0.6) is 0 Å². The molecule has 5 fully saturated rings. The van der Waals surface area contributed by atoms with Crippen molar-refractivity contribution in [3.8, 4) is 0 Å². The predicted octanol–water partition coefficient (Wildman–Crippen LogP) is 2.07. The summed E-state index contributed by atoms with van der Waals surface area (Å²) in [5.41, 5.74) is 7.41. The minimum Gasteiger partial charge on any atom is -0.370 e. The smallest absolute Gasteiger partial charge is 0.329 e. The summed E-state index contributed by atoms with van der Waals surface area (Å²) in [6.07, 6.45) is 5.88. The van der Waals surface area contributed by atoms with Crippen molar-refractivity contribution in [2.24, 2.45) is 11.7 Å². The van der Waals surface area contributed by atoms with Crippen LogP contribution in [0, 0.1) is 11.7 Å². The van der Waals surface area contributed by atoms with Gasteiger partial charge < -0.3 is 35.6 Å². The molecule has 0 radical (unpaired) electrons. The van der Waals surface area contributed by atoms with E-state index in [1.807, 2.05) is 21.9 Å². The largest absolute Gasteiger partial charge is 0.370 e. The highest BCUT2D eigenvalue weighted by Gasteiger charge is 2.35. The molecule has 0 aliphatic carbocycles. The number of nitrogens with two attached hydrogens (primary N) is 1. The molecule has 4 N–H and O–H groups in total. The van der Waals surface area contributed by atoms with Gasteiger partial charge in [0.2, 0.25) is 11.9 Å². The van der Waals surface area contributed by atoms with Crippen molar-refractivity contribution in [3.05, 3.63) is 48.0 Å². The number of pyridine rings is 1. The highest BCUT2D eigenvalue weighted by Crippen LogP contribution is 2.30. The van der Waals surface area contributed by atoms with Crippen LogP contribution in [0.3, 0.4) is 0 Å². The number of benzene rings is 1. The van der Waals surface area contributed by atoms with E-state index in [1.54, 1.807) is 30.3 Å². The van der Waals surface area contributed by atoms with Crippen LogP contribution < -0.4 is 36.0 Å². The first-order chi connectivity index (χ1) is 27.6. The molecule has 0 saturated carbocycles. The van der Waals surface area contributed by atoms with Gasteiger partial charge in [-0.25, -0.2) is 19.0 Å². The molecule has 0 bridgehead atoms. The fourth-order valence-corrected chi connectivity index (χ4v) is 8.50. The Morgan fingerprint density at radius 1 is 0.912 bits per heavy atom.